The summed E-state index contributed by atoms with van der Waals surface area (Å²) in [6.07, 6.45) is 8.60. The standard InChI is InChI=1S/C13H21N3/c1-10-8-12(9-15-13(10)14)16(2)11-6-4-3-5-7-11/h8-9,11H,3-7H2,1-2H3,(H2,14,15). The van der Waals surface area contributed by atoms with Crippen LogP contribution < -0.4 is 10.6 Å². The summed E-state index contributed by atoms with van der Waals surface area (Å²) in [7, 11) is 2.17. The molecular formula is C13H21N3. The first-order valence-corrected chi connectivity index (χ1v) is 6.13. The molecule has 0 radical (unpaired) electrons. The molecule has 1 heterocycles. The summed E-state index contributed by atoms with van der Waals surface area (Å²) in [4.78, 5) is 6.59. The van der Waals surface area contributed by atoms with Crippen LogP contribution in [0.15, 0.2) is 12.3 Å². The number of aryl methyl sites for hydroxylation is 1. The van der Waals surface area contributed by atoms with Gasteiger partial charge in [-0.15, -0.1) is 0 Å². The van der Waals surface area contributed by atoms with Gasteiger partial charge in [0.05, 0.1) is 11.9 Å². The third kappa shape index (κ3) is 2.29. The summed E-state index contributed by atoms with van der Waals surface area (Å²) in [6, 6.07) is 2.82. The van der Waals surface area contributed by atoms with Crippen LogP contribution in [-0.4, -0.2) is 18.1 Å². The SMILES string of the molecule is Cc1cc(N(C)C2CCCCC2)cnc1N. The Morgan fingerprint density at radius 1 is 1.31 bits per heavy atom. The molecular weight excluding hydrogens is 198 g/mol. The van der Waals surface area contributed by atoms with E-state index in [9.17, 15) is 0 Å². The molecule has 3 nitrogen and oxygen atoms in total. The molecule has 0 amide bonds. The van der Waals surface area contributed by atoms with Crippen LogP contribution in [0.4, 0.5) is 11.5 Å². The van der Waals surface area contributed by atoms with Crippen LogP contribution in [0.3, 0.4) is 0 Å². The third-order valence-corrected chi connectivity index (χ3v) is 3.63. The van der Waals surface area contributed by atoms with Gasteiger partial charge in [0.15, 0.2) is 0 Å². The van der Waals surface area contributed by atoms with Crippen LogP contribution in [0.5, 0.6) is 0 Å². The third-order valence-electron chi connectivity index (χ3n) is 3.63. The van der Waals surface area contributed by atoms with Crippen molar-refractivity contribution >= 4 is 11.5 Å². The van der Waals surface area contributed by atoms with E-state index in [2.05, 4.69) is 23.0 Å². The van der Waals surface area contributed by atoms with E-state index in [0.717, 1.165) is 5.56 Å². The lowest BCUT2D eigenvalue weighted by Crippen LogP contribution is -2.33. The molecule has 2 N–H and O–H groups in total. The molecule has 0 atom stereocenters. The van der Waals surface area contributed by atoms with Crippen molar-refractivity contribution in [1.82, 2.24) is 4.98 Å². The molecule has 1 fully saturated rings. The topological polar surface area (TPSA) is 42.2 Å². The highest BCUT2D eigenvalue weighted by molar-refractivity contribution is 5.52. The Labute approximate surface area is 97.7 Å². The van der Waals surface area contributed by atoms with Gasteiger partial charge >= 0.3 is 0 Å². The predicted molar refractivity (Wildman–Crippen MR) is 68.7 cm³/mol. The molecule has 3 heteroatoms. The monoisotopic (exact) mass is 219 g/mol. The first kappa shape index (κ1) is 11.2. The van der Waals surface area contributed by atoms with Gasteiger partial charge in [-0.3, -0.25) is 0 Å². The normalized spacial score (nSPS) is 17.4. The molecule has 0 aromatic carbocycles. The van der Waals surface area contributed by atoms with Crippen LogP contribution in [0, 0.1) is 6.92 Å². The minimum atomic E-state index is 0.640. The average molecular weight is 219 g/mol. The Bertz CT molecular complexity index is 356. The number of nitrogens with two attached hydrogens (primary N) is 1. The summed E-state index contributed by atoms with van der Waals surface area (Å²) < 4.78 is 0. The van der Waals surface area contributed by atoms with E-state index in [1.807, 2.05) is 13.1 Å². The second-order valence-electron chi connectivity index (χ2n) is 4.80. The molecule has 88 valence electrons. The van der Waals surface area contributed by atoms with E-state index in [4.69, 9.17) is 5.73 Å². The van der Waals surface area contributed by atoms with Gasteiger partial charge in [-0.1, -0.05) is 19.3 Å². The molecule has 1 aromatic heterocycles. The van der Waals surface area contributed by atoms with Crippen LogP contribution >= 0.6 is 0 Å². The number of nitrogen functional groups attached to an aromatic ring is 1. The molecule has 0 aliphatic heterocycles. The molecule has 1 saturated carbocycles. The van der Waals surface area contributed by atoms with Crippen LogP contribution in [0.25, 0.3) is 0 Å². The summed E-state index contributed by atoms with van der Waals surface area (Å²) in [5.41, 5.74) is 8.00. The molecule has 2 rings (SSSR count). The average Bonchev–Trinajstić information content (AvgIpc) is 2.33. The van der Waals surface area contributed by atoms with Crippen molar-refractivity contribution < 1.29 is 0 Å². The second-order valence-corrected chi connectivity index (χ2v) is 4.80. The van der Waals surface area contributed by atoms with Crippen molar-refractivity contribution in [3.63, 3.8) is 0 Å². The lowest BCUT2D eigenvalue weighted by atomic mass is 9.94. The van der Waals surface area contributed by atoms with E-state index >= 15 is 0 Å². The fraction of sp³-hybridized carbons (Fsp3) is 0.615. The number of pyridine rings is 1. The lowest BCUT2D eigenvalue weighted by Gasteiger charge is -2.32. The first-order valence-electron chi connectivity index (χ1n) is 6.13. The number of nitrogens with zero attached hydrogens (tertiary/aromatic N) is 2. The Hall–Kier alpha value is -1.25. The van der Waals surface area contributed by atoms with E-state index in [1.165, 1.54) is 37.8 Å². The minimum absolute atomic E-state index is 0.640. The Kier molecular flexibility index (Phi) is 3.32. The van der Waals surface area contributed by atoms with Crippen molar-refractivity contribution in [1.29, 1.82) is 0 Å². The van der Waals surface area contributed by atoms with Gasteiger partial charge in [0, 0.05) is 13.1 Å². The minimum Gasteiger partial charge on any atom is -0.383 e. The molecule has 0 unspecified atom stereocenters. The van der Waals surface area contributed by atoms with E-state index in [1.54, 1.807) is 0 Å². The number of anilines is 2. The first-order chi connectivity index (χ1) is 7.68. The van der Waals surface area contributed by atoms with Gasteiger partial charge in [0.1, 0.15) is 5.82 Å². The number of hydrogen-bond acceptors (Lipinski definition) is 3. The van der Waals surface area contributed by atoms with Gasteiger partial charge in [-0.25, -0.2) is 4.98 Å². The molecule has 1 aliphatic rings. The smallest absolute Gasteiger partial charge is 0.126 e. The van der Waals surface area contributed by atoms with Crippen molar-refractivity contribution in [2.24, 2.45) is 0 Å². The van der Waals surface area contributed by atoms with Crippen molar-refractivity contribution in [3.05, 3.63) is 17.8 Å². The van der Waals surface area contributed by atoms with Crippen molar-refractivity contribution in [3.8, 4) is 0 Å². The zero-order valence-electron chi connectivity index (χ0n) is 10.2. The molecule has 1 aliphatic carbocycles. The van der Waals surface area contributed by atoms with Gasteiger partial charge in [0.25, 0.3) is 0 Å². The maximum Gasteiger partial charge on any atom is 0.126 e. The summed E-state index contributed by atoms with van der Waals surface area (Å²) in [6.45, 7) is 2.01. The molecule has 0 saturated heterocycles. The largest absolute Gasteiger partial charge is 0.383 e. The number of rotatable bonds is 2. The number of hydrogen-bond donors (Lipinski definition) is 1. The van der Waals surface area contributed by atoms with Gasteiger partial charge < -0.3 is 10.6 Å². The fourth-order valence-corrected chi connectivity index (χ4v) is 2.44. The Balaban J connectivity index is 2.12. The predicted octanol–water partition coefficient (Wildman–Crippen LogP) is 2.74. The lowest BCUT2D eigenvalue weighted by molar-refractivity contribution is 0.427. The highest BCUT2D eigenvalue weighted by Crippen LogP contribution is 2.26. The molecule has 16 heavy (non-hydrogen) atoms. The fourth-order valence-electron chi connectivity index (χ4n) is 2.44. The highest BCUT2D eigenvalue weighted by atomic mass is 15.1. The van der Waals surface area contributed by atoms with E-state index < -0.39 is 0 Å². The zero-order valence-corrected chi connectivity index (χ0v) is 10.2. The van der Waals surface area contributed by atoms with Crippen LogP contribution in [-0.2, 0) is 0 Å². The van der Waals surface area contributed by atoms with Crippen molar-refractivity contribution in [2.45, 2.75) is 45.1 Å². The zero-order chi connectivity index (χ0) is 11.5. The molecule has 1 aromatic rings. The van der Waals surface area contributed by atoms with E-state index in [-0.39, 0.29) is 0 Å². The maximum atomic E-state index is 5.74. The second kappa shape index (κ2) is 4.73. The van der Waals surface area contributed by atoms with Gasteiger partial charge in [-0.05, 0) is 31.4 Å². The van der Waals surface area contributed by atoms with Crippen LogP contribution in [0.1, 0.15) is 37.7 Å². The molecule has 0 bridgehead atoms. The summed E-state index contributed by atoms with van der Waals surface area (Å²) >= 11 is 0. The number of aromatic nitrogens is 1. The van der Waals surface area contributed by atoms with Gasteiger partial charge in [-0.2, -0.15) is 0 Å². The maximum absolute atomic E-state index is 5.74. The van der Waals surface area contributed by atoms with E-state index in [0.29, 0.717) is 11.9 Å². The van der Waals surface area contributed by atoms with Crippen molar-refractivity contribution in [2.75, 3.05) is 17.7 Å². The Morgan fingerprint density at radius 2 is 2.00 bits per heavy atom. The Morgan fingerprint density at radius 3 is 2.62 bits per heavy atom. The van der Waals surface area contributed by atoms with Gasteiger partial charge in [0.2, 0.25) is 0 Å². The van der Waals surface area contributed by atoms with Crippen LogP contribution in [0.2, 0.25) is 0 Å². The quantitative estimate of drug-likeness (QED) is 0.831. The summed E-state index contributed by atoms with van der Waals surface area (Å²) in [5.74, 6) is 0.640. The summed E-state index contributed by atoms with van der Waals surface area (Å²) in [5, 5.41) is 0. The molecule has 0 spiro atoms. The highest BCUT2D eigenvalue weighted by Gasteiger charge is 2.18.